The molecule has 0 aromatic rings. The van der Waals surface area contributed by atoms with Crippen molar-refractivity contribution >= 4 is 11.9 Å². The van der Waals surface area contributed by atoms with Gasteiger partial charge in [-0.3, -0.25) is 4.79 Å². The number of aliphatic carboxylic acids is 1. The monoisotopic (exact) mass is 276 g/mol. The maximum atomic E-state index is 11.8. The van der Waals surface area contributed by atoms with Crippen LogP contribution in [-0.2, 0) is 9.59 Å². The first kappa shape index (κ1) is 16.5. The number of amides is 1. The molecule has 2 N–H and O–H groups in total. The van der Waals surface area contributed by atoms with Gasteiger partial charge in [-0.2, -0.15) is 0 Å². The van der Waals surface area contributed by atoms with Gasteiger partial charge in [-0.1, -0.05) is 6.92 Å². The molecule has 100 valence electrons. The molecule has 2 rings (SSSR count). The van der Waals surface area contributed by atoms with Crippen molar-refractivity contribution in [1.82, 2.24) is 10.2 Å². The van der Waals surface area contributed by atoms with Crippen molar-refractivity contribution in [2.24, 2.45) is 5.92 Å². The quantitative estimate of drug-likeness (QED) is 0.390. The van der Waals surface area contributed by atoms with Gasteiger partial charge in [0.2, 0.25) is 5.91 Å². The fraction of sp³-hybridized carbons (Fsp3) is 0.667. The number of hydrogen-bond donors (Lipinski definition) is 2. The summed E-state index contributed by atoms with van der Waals surface area (Å²) in [6, 6.07) is -0.246. The van der Waals surface area contributed by atoms with Gasteiger partial charge in [-0.05, 0) is 13.3 Å². The Hall–Kier alpha value is -0.560. The molecule has 1 amide bonds. The van der Waals surface area contributed by atoms with Crippen LogP contribution in [0.25, 0.3) is 0 Å². The zero-order chi connectivity index (χ0) is 13.4. The summed E-state index contributed by atoms with van der Waals surface area (Å²) >= 11 is 0. The van der Waals surface area contributed by atoms with Crippen molar-refractivity contribution < 1.29 is 49.4 Å². The fourth-order valence-corrected chi connectivity index (χ4v) is 2.69. The Labute approximate surface area is 134 Å². The number of hydrogen-bond acceptors (Lipinski definition) is 5. The number of carboxylic acid groups (broad SMARTS) is 1. The third-order valence-corrected chi connectivity index (χ3v) is 3.51. The van der Waals surface area contributed by atoms with Crippen LogP contribution in [0.4, 0.5) is 0 Å². The van der Waals surface area contributed by atoms with Crippen LogP contribution >= 0.6 is 0 Å². The Morgan fingerprint density at radius 2 is 2.26 bits per heavy atom. The zero-order valence-corrected chi connectivity index (χ0v) is 13.5. The molecule has 0 radical (unpaired) electrons. The third kappa shape index (κ3) is 2.67. The molecule has 0 spiro atoms. The fourth-order valence-electron chi connectivity index (χ4n) is 2.69. The van der Waals surface area contributed by atoms with E-state index in [1.54, 1.807) is 6.92 Å². The van der Waals surface area contributed by atoms with Crippen molar-refractivity contribution in [2.45, 2.75) is 38.8 Å². The summed E-state index contributed by atoms with van der Waals surface area (Å²) in [4.78, 5) is 24.2. The molecule has 6 nitrogen and oxygen atoms in total. The predicted octanol–water partition coefficient (Wildman–Crippen LogP) is -4.44. The summed E-state index contributed by atoms with van der Waals surface area (Å²) < 4.78 is 0. The van der Waals surface area contributed by atoms with E-state index in [1.807, 2.05) is 6.92 Å². The molecule has 2 heterocycles. The van der Waals surface area contributed by atoms with Crippen LogP contribution in [0.5, 0.6) is 0 Å². The topological polar surface area (TPSA) is 92.7 Å². The first-order chi connectivity index (χ1) is 8.49. The number of carbonyl (C=O) groups is 2. The van der Waals surface area contributed by atoms with E-state index >= 15 is 0 Å². The van der Waals surface area contributed by atoms with E-state index < -0.39 is 18.0 Å². The molecule has 0 saturated carbocycles. The SMILES string of the molecule is CCCNC1=C(C(=O)[O-])N2C(=O)C(C(C)O)C2C1.[Na+]. The normalized spacial score (nSPS) is 26.5. The summed E-state index contributed by atoms with van der Waals surface area (Å²) in [5.74, 6) is -2.17. The minimum Gasteiger partial charge on any atom is -0.543 e. The van der Waals surface area contributed by atoms with Gasteiger partial charge >= 0.3 is 29.6 Å². The van der Waals surface area contributed by atoms with Crippen molar-refractivity contribution in [1.29, 1.82) is 0 Å². The molecular weight excluding hydrogens is 259 g/mol. The standard InChI is InChI=1S/C12H18N2O4.Na/c1-3-4-13-7-5-8-9(6(2)15)11(16)14(8)10(7)12(17)18;/h6,8-9,13,15H,3-5H2,1-2H3,(H,17,18);/q;+1/p-1. The molecule has 3 atom stereocenters. The smallest absolute Gasteiger partial charge is 0.543 e. The van der Waals surface area contributed by atoms with Gasteiger partial charge < -0.3 is 25.2 Å². The first-order valence-electron chi connectivity index (χ1n) is 6.18. The molecule has 0 bridgehead atoms. The minimum atomic E-state index is -1.34. The molecule has 0 aromatic carbocycles. The molecule has 2 aliphatic rings. The molecule has 0 aliphatic carbocycles. The molecule has 0 aromatic heterocycles. The van der Waals surface area contributed by atoms with Crippen LogP contribution in [-0.4, -0.2) is 40.6 Å². The van der Waals surface area contributed by atoms with Crippen molar-refractivity contribution in [3.05, 3.63) is 11.4 Å². The molecule has 1 fully saturated rings. The van der Waals surface area contributed by atoms with Crippen molar-refractivity contribution in [3.8, 4) is 0 Å². The van der Waals surface area contributed by atoms with Crippen molar-refractivity contribution in [3.63, 3.8) is 0 Å². The Bertz CT molecular complexity index is 422. The number of fused-ring (bicyclic) bond motifs is 1. The van der Waals surface area contributed by atoms with Gasteiger partial charge in [-0.25, -0.2) is 0 Å². The summed E-state index contributed by atoms with van der Waals surface area (Å²) in [7, 11) is 0. The second-order valence-electron chi connectivity index (χ2n) is 4.79. The molecular formula is C12H17N2NaO4. The Kier molecular flexibility index (Phi) is 5.43. The Balaban J connectivity index is 0.00000180. The van der Waals surface area contributed by atoms with E-state index in [0.717, 1.165) is 6.42 Å². The van der Waals surface area contributed by atoms with Gasteiger partial charge in [0, 0.05) is 18.7 Å². The van der Waals surface area contributed by atoms with E-state index in [2.05, 4.69) is 5.32 Å². The number of rotatable bonds is 5. The predicted molar refractivity (Wildman–Crippen MR) is 60.7 cm³/mol. The second kappa shape index (κ2) is 6.26. The van der Waals surface area contributed by atoms with Crippen LogP contribution in [0, 0.1) is 5.92 Å². The molecule has 2 aliphatic heterocycles. The largest absolute Gasteiger partial charge is 1.00 e. The van der Waals surface area contributed by atoms with E-state index in [-0.39, 0.29) is 47.2 Å². The number of nitrogens with zero attached hydrogens (tertiary/aromatic N) is 1. The maximum Gasteiger partial charge on any atom is 1.00 e. The van der Waals surface area contributed by atoms with Crippen LogP contribution in [0.3, 0.4) is 0 Å². The summed E-state index contributed by atoms with van der Waals surface area (Å²) in [5, 5.41) is 23.7. The average Bonchev–Trinajstić information content (AvgIpc) is 2.60. The average molecular weight is 276 g/mol. The van der Waals surface area contributed by atoms with Gasteiger partial charge in [0.05, 0.1) is 29.7 Å². The van der Waals surface area contributed by atoms with Gasteiger partial charge in [0.15, 0.2) is 0 Å². The summed E-state index contributed by atoms with van der Waals surface area (Å²) in [5.41, 5.74) is 0.480. The Morgan fingerprint density at radius 3 is 2.74 bits per heavy atom. The summed E-state index contributed by atoms with van der Waals surface area (Å²) in [6.45, 7) is 4.18. The molecule has 19 heavy (non-hydrogen) atoms. The number of aliphatic hydroxyl groups is 1. The second-order valence-corrected chi connectivity index (χ2v) is 4.79. The number of aliphatic hydroxyl groups excluding tert-OH is 1. The van der Waals surface area contributed by atoms with Crippen molar-refractivity contribution in [2.75, 3.05) is 6.54 Å². The number of β-lactam (4-membered cyclic amide) rings is 1. The van der Waals surface area contributed by atoms with E-state index in [0.29, 0.717) is 18.7 Å². The van der Waals surface area contributed by atoms with Crippen LogP contribution < -0.4 is 40.0 Å². The van der Waals surface area contributed by atoms with Gasteiger partial charge in [-0.15, -0.1) is 0 Å². The zero-order valence-electron chi connectivity index (χ0n) is 11.5. The molecule has 3 unspecified atom stereocenters. The summed E-state index contributed by atoms with van der Waals surface area (Å²) in [6.07, 6.45) is 0.555. The van der Waals surface area contributed by atoms with Gasteiger partial charge in [0.25, 0.3) is 0 Å². The van der Waals surface area contributed by atoms with Crippen LogP contribution in [0.2, 0.25) is 0 Å². The maximum absolute atomic E-state index is 11.8. The third-order valence-electron chi connectivity index (χ3n) is 3.51. The van der Waals surface area contributed by atoms with Gasteiger partial charge in [0.1, 0.15) is 0 Å². The number of nitrogens with one attached hydrogen (secondary N) is 1. The van der Waals surface area contributed by atoms with Crippen LogP contribution in [0.15, 0.2) is 11.4 Å². The van der Waals surface area contributed by atoms with Crippen LogP contribution in [0.1, 0.15) is 26.7 Å². The molecule has 1 saturated heterocycles. The van der Waals surface area contributed by atoms with E-state index in [4.69, 9.17) is 0 Å². The Morgan fingerprint density at radius 1 is 1.63 bits per heavy atom. The number of carboxylic acids is 1. The first-order valence-corrected chi connectivity index (χ1v) is 6.18. The molecule has 7 heteroatoms. The number of carbonyl (C=O) groups excluding carboxylic acids is 2. The van der Waals surface area contributed by atoms with E-state index in [9.17, 15) is 19.8 Å². The van der Waals surface area contributed by atoms with E-state index in [1.165, 1.54) is 4.90 Å². The minimum absolute atomic E-state index is 0.